The first-order valence-electron chi connectivity index (χ1n) is 9.61. The minimum absolute atomic E-state index is 0.205. The number of nitrogens with one attached hydrogen (secondary N) is 1. The van der Waals surface area contributed by atoms with Gasteiger partial charge in [-0.3, -0.25) is 0 Å². The second kappa shape index (κ2) is 9.14. The molecule has 6 heteroatoms. The van der Waals surface area contributed by atoms with Crippen molar-refractivity contribution in [2.75, 3.05) is 31.7 Å². The molecule has 3 rings (SSSR count). The summed E-state index contributed by atoms with van der Waals surface area (Å²) in [7, 11) is 1.74. The molecule has 0 bridgehead atoms. The maximum Gasteiger partial charge on any atom is 0.149 e. The molecule has 0 saturated carbocycles. The van der Waals surface area contributed by atoms with Gasteiger partial charge in [0, 0.05) is 45.1 Å². The lowest BCUT2D eigenvalue weighted by molar-refractivity contribution is 0.189. The van der Waals surface area contributed by atoms with Crippen LogP contribution in [0.25, 0.3) is 0 Å². The predicted molar refractivity (Wildman–Crippen MR) is 104 cm³/mol. The van der Waals surface area contributed by atoms with Gasteiger partial charge in [0.2, 0.25) is 0 Å². The van der Waals surface area contributed by atoms with E-state index >= 15 is 0 Å². The number of aryl methyl sites for hydroxylation is 2. The second-order valence-corrected chi connectivity index (χ2v) is 7.21. The molecule has 1 unspecified atom stereocenters. The van der Waals surface area contributed by atoms with Crippen molar-refractivity contribution in [3.8, 4) is 0 Å². The summed E-state index contributed by atoms with van der Waals surface area (Å²) < 4.78 is 7.28. The lowest BCUT2D eigenvalue weighted by atomic mass is 10.0. The molecule has 1 aromatic heterocycles. The molecule has 142 valence electrons. The Labute approximate surface area is 156 Å². The van der Waals surface area contributed by atoms with Gasteiger partial charge in [-0.2, -0.15) is 0 Å². The van der Waals surface area contributed by atoms with E-state index in [0.717, 1.165) is 51.3 Å². The molecular formula is C20H31N5O. The van der Waals surface area contributed by atoms with Crippen LogP contribution in [-0.2, 0) is 11.3 Å². The zero-order valence-corrected chi connectivity index (χ0v) is 16.2. The van der Waals surface area contributed by atoms with Gasteiger partial charge in [0.05, 0.1) is 6.04 Å². The minimum atomic E-state index is 0.205. The average molecular weight is 358 g/mol. The van der Waals surface area contributed by atoms with E-state index in [1.807, 2.05) is 6.33 Å². The van der Waals surface area contributed by atoms with Crippen LogP contribution in [0.3, 0.4) is 0 Å². The first kappa shape index (κ1) is 18.9. The maximum atomic E-state index is 5.14. The Morgan fingerprint density at radius 3 is 2.65 bits per heavy atom. The third-order valence-corrected chi connectivity index (χ3v) is 5.16. The van der Waals surface area contributed by atoms with Gasteiger partial charge in [0.15, 0.2) is 0 Å². The van der Waals surface area contributed by atoms with Crippen LogP contribution in [0.2, 0.25) is 0 Å². The number of hydrogen-bond donors (Lipinski definition) is 1. The van der Waals surface area contributed by atoms with Crippen molar-refractivity contribution >= 4 is 5.69 Å². The smallest absolute Gasteiger partial charge is 0.149 e. The van der Waals surface area contributed by atoms with Crippen molar-refractivity contribution < 1.29 is 4.74 Å². The predicted octanol–water partition coefficient (Wildman–Crippen LogP) is 2.94. The number of nitrogens with zero attached hydrogens (tertiary/aromatic N) is 4. The molecule has 0 radical (unpaired) electrons. The fourth-order valence-electron chi connectivity index (χ4n) is 3.64. The quantitative estimate of drug-likeness (QED) is 0.736. The zero-order valence-electron chi connectivity index (χ0n) is 16.2. The van der Waals surface area contributed by atoms with Crippen LogP contribution >= 0.6 is 0 Å². The van der Waals surface area contributed by atoms with Gasteiger partial charge in [-0.1, -0.05) is 17.7 Å². The normalized spacial score (nSPS) is 16.8. The molecule has 2 aromatic rings. The van der Waals surface area contributed by atoms with Crippen molar-refractivity contribution in [3.05, 3.63) is 42.0 Å². The van der Waals surface area contributed by atoms with Crippen LogP contribution in [0.5, 0.6) is 0 Å². The molecule has 1 fully saturated rings. The Morgan fingerprint density at radius 1 is 1.23 bits per heavy atom. The van der Waals surface area contributed by atoms with Crippen molar-refractivity contribution in [2.45, 2.75) is 51.7 Å². The van der Waals surface area contributed by atoms with E-state index in [4.69, 9.17) is 4.74 Å². The largest absolute Gasteiger partial charge is 0.385 e. The highest BCUT2D eigenvalue weighted by Gasteiger charge is 2.22. The third kappa shape index (κ3) is 4.83. The van der Waals surface area contributed by atoms with Crippen molar-refractivity contribution in [2.24, 2.45) is 0 Å². The molecule has 1 aliphatic heterocycles. The molecule has 1 aliphatic rings. The van der Waals surface area contributed by atoms with E-state index in [1.54, 1.807) is 7.11 Å². The van der Waals surface area contributed by atoms with E-state index in [0.29, 0.717) is 6.04 Å². The Morgan fingerprint density at radius 2 is 1.96 bits per heavy atom. The average Bonchev–Trinajstić information content (AvgIpc) is 3.12. The number of anilines is 1. The van der Waals surface area contributed by atoms with Gasteiger partial charge in [-0.15, -0.1) is 10.2 Å². The van der Waals surface area contributed by atoms with Gasteiger partial charge in [0.25, 0.3) is 0 Å². The summed E-state index contributed by atoms with van der Waals surface area (Å²) in [4.78, 5) is 2.48. The van der Waals surface area contributed by atoms with Crippen LogP contribution in [0, 0.1) is 6.92 Å². The summed E-state index contributed by atoms with van der Waals surface area (Å²) in [6, 6.07) is 9.57. The number of hydrogen-bond acceptors (Lipinski definition) is 5. The van der Waals surface area contributed by atoms with Gasteiger partial charge in [-0.05, 0) is 45.2 Å². The molecule has 1 N–H and O–H groups in total. The molecule has 6 nitrogen and oxygen atoms in total. The van der Waals surface area contributed by atoms with Crippen molar-refractivity contribution in [1.82, 2.24) is 20.1 Å². The number of methoxy groups -OCH3 is 1. The topological polar surface area (TPSA) is 55.2 Å². The number of rotatable bonds is 8. The Kier molecular flexibility index (Phi) is 6.63. The number of aromatic nitrogens is 3. The Hall–Kier alpha value is -1.92. The maximum absolute atomic E-state index is 5.14. The summed E-state index contributed by atoms with van der Waals surface area (Å²) in [5.41, 5.74) is 2.65. The van der Waals surface area contributed by atoms with E-state index in [2.05, 4.69) is 63.1 Å². The number of benzene rings is 1. The number of piperidine rings is 1. The van der Waals surface area contributed by atoms with Crippen LogP contribution in [-0.4, -0.2) is 47.6 Å². The van der Waals surface area contributed by atoms with E-state index < -0.39 is 0 Å². The molecule has 26 heavy (non-hydrogen) atoms. The Bertz CT molecular complexity index is 661. The first-order chi connectivity index (χ1) is 12.7. The molecule has 0 aliphatic carbocycles. The molecule has 2 heterocycles. The highest BCUT2D eigenvalue weighted by Crippen LogP contribution is 2.22. The SMILES string of the molecule is COCCCn1cnnc1C(C)NC1CCN(c2ccc(C)cc2)CC1. The fraction of sp³-hybridized carbons (Fsp3) is 0.600. The lowest BCUT2D eigenvalue weighted by Gasteiger charge is -2.35. The zero-order chi connectivity index (χ0) is 18.4. The van der Waals surface area contributed by atoms with E-state index in [1.165, 1.54) is 11.3 Å². The monoisotopic (exact) mass is 357 g/mol. The highest BCUT2D eigenvalue weighted by molar-refractivity contribution is 5.47. The summed E-state index contributed by atoms with van der Waals surface area (Å²) in [6.45, 7) is 8.16. The van der Waals surface area contributed by atoms with Crippen molar-refractivity contribution in [3.63, 3.8) is 0 Å². The standard InChI is InChI=1S/C20H31N5O/c1-16-5-7-19(8-6-16)24-12-9-18(10-13-24)22-17(2)20-23-21-15-25(20)11-4-14-26-3/h5-8,15,17-18,22H,4,9-14H2,1-3H3. The van der Waals surface area contributed by atoms with Crippen LogP contribution in [0.4, 0.5) is 5.69 Å². The summed E-state index contributed by atoms with van der Waals surface area (Å²) in [5.74, 6) is 1.02. The van der Waals surface area contributed by atoms with Crippen LogP contribution in [0.15, 0.2) is 30.6 Å². The summed E-state index contributed by atoms with van der Waals surface area (Å²) >= 11 is 0. The molecule has 1 aromatic carbocycles. The van der Waals surface area contributed by atoms with Gasteiger partial charge >= 0.3 is 0 Å². The lowest BCUT2D eigenvalue weighted by Crippen LogP contribution is -2.43. The minimum Gasteiger partial charge on any atom is -0.385 e. The van der Waals surface area contributed by atoms with Crippen LogP contribution < -0.4 is 10.2 Å². The van der Waals surface area contributed by atoms with Crippen molar-refractivity contribution in [1.29, 1.82) is 0 Å². The van der Waals surface area contributed by atoms with Gasteiger partial charge in [0.1, 0.15) is 12.2 Å². The number of ether oxygens (including phenoxy) is 1. The fourth-order valence-corrected chi connectivity index (χ4v) is 3.64. The molecule has 1 saturated heterocycles. The van der Waals surface area contributed by atoms with E-state index in [-0.39, 0.29) is 6.04 Å². The molecule has 0 amide bonds. The second-order valence-electron chi connectivity index (χ2n) is 7.21. The van der Waals surface area contributed by atoms with Gasteiger partial charge in [-0.25, -0.2) is 0 Å². The highest BCUT2D eigenvalue weighted by atomic mass is 16.5. The van der Waals surface area contributed by atoms with Crippen LogP contribution in [0.1, 0.15) is 43.6 Å². The van der Waals surface area contributed by atoms with E-state index in [9.17, 15) is 0 Å². The summed E-state index contributed by atoms with van der Waals surface area (Å²) in [6.07, 6.45) is 5.10. The molecule has 0 spiro atoms. The molecular weight excluding hydrogens is 326 g/mol. The summed E-state index contributed by atoms with van der Waals surface area (Å²) in [5, 5.41) is 12.2. The third-order valence-electron chi connectivity index (χ3n) is 5.16. The van der Waals surface area contributed by atoms with Gasteiger partial charge < -0.3 is 19.5 Å². The Balaban J connectivity index is 1.50. The molecule has 1 atom stereocenters. The first-order valence-corrected chi connectivity index (χ1v) is 9.61.